The average Bonchev–Trinajstić information content (AvgIpc) is 2.91. The number of piperidine rings is 1. The molecule has 4 aromatic rings. The van der Waals surface area contributed by atoms with Crippen molar-refractivity contribution in [1.29, 1.82) is 0 Å². The summed E-state index contributed by atoms with van der Waals surface area (Å²) >= 11 is 0. The third-order valence-electron chi connectivity index (χ3n) is 6.82. The van der Waals surface area contributed by atoms with Gasteiger partial charge in [-0.15, -0.1) is 0 Å². The fourth-order valence-corrected chi connectivity index (χ4v) is 4.80. The van der Waals surface area contributed by atoms with E-state index in [9.17, 15) is 22.0 Å². The van der Waals surface area contributed by atoms with Gasteiger partial charge in [0, 0.05) is 35.6 Å². The standard InChI is InChI=1S/C28H22F5N5/c1-34-18-10-12-38(13-11-18)27-36-23-8-6-16(25-20(28(31,32)33)4-3-5-21(25)29)14-19(23)26(37-27)17-7-9-24(35-2)22(30)15-17/h3-9,14-15,18,34H,10-13H2,1H3. The van der Waals surface area contributed by atoms with Crippen molar-refractivity contribution in [2.24, 2.45) is 0 Å². The summed E-state index contributed by atoms with van der Waals surface area (Å²) in [5.41, 5.74) is -0.823. The van der Waals surface area contributed by atoms with Crippen LogP contribution in [0.25, 0.3) is 38.1 Å². The molecule has 1 aliphatic rings. The van der Waals surface area contributed by atoms with E-state index < -0.39 is 28.9 Å². The minimum atomic E-state index is -4.77. The monoisotopic (exact) mass is 523 g/mol. The molecule has 0 bridgehead atoms. The Kier molecular flexibility index (Phi) is 6.71. The van der Waals surface area contributed by atoms with Gasteiger partial charge in [0.25, 0.3) is 0 Å². The van der Waals surface area contributed by atoms with Crippen LogP contribution < -0.4 is 10.2 Å². The fourth-order valence-electron chi connectivity index (χ4n) is 4.80. The molecule has 38 heavy (non-hydrogen) atoms. The summed E-state index contributed by atoms with van der Waals surface area (Å²) in [6.07, 6.45) is -3.03. The van der Waals surface area contributed by atoms with Gasteiger partial charge in [0.15, 0.2) is 0 Å². The smallest absolute Gasteiger partial charge is 0.341 e. The number of nitrogens with zero attached hydrogens (tertiary/aromatic N) is 4. The van der Waals surface area contributed by atoms with Gasteiger partial charge in [0.2, 0.25) is 11.6 Å². The topological polar surface area (TPSA) is 45.4 Å². The molecule has 0 aliphatic carbocycles. The summed E-state index contributed by atoms with van der Waals surface area (Å²) in [7, 11) is 1.91. The van der Waals surface area contributed by atoms with Crippen LogP contribution in [0.2, 0.25) is 0 Å². The van der Waals surface area contributed by atoms with E-state index in [4.69, 9.17) is 11.6 Å². The zero-order valence-electron chi connectivity index (χ0n) is 20.3. The first-order valence-corrected chi connectivity index (χ1v) is 12.0. The molecular formula is C28H22F5N5. The molecule has 1 fully saturated rings. The normalized spacial score (nSPS) is 14.6. The van der Waals surface area contributed by atoms with E-state index in [0.717, 1.165) is 31.0 Å². The highest BCUT2D eigenvalue weighted by molar-refractivity contribution is 5.96. The molecule has 1 N–H and O–H groups in total. The minimum Gasteiger partial charge on any atom is -0.341 e. The van der Waals surface area contributed by atoms with Crippen molar-refractivity contribution in [2.75, 3.05) is 25.0 Å². The molecule has 0 saturated carbocycles. The van der Waals surface area contributed by atoms with Crippen LogP contribution in [-0.2, 0) is 6.18 Å². The second kappa shape index (κ2) is 9.99. The average molecular weight is 524 g/mol. The second-order valence-corrected chi connectivity index (χ2v) is 9.09. The number of hydrogen-bond donors (Lipinski definition) is 1. The maximum absolute atomic E-state index is 14.8. The zero-order valence-corrected chi connectivity index (χ0v) is 20.3. The number of rotatable bonds is 4. The molecular weight excluding hydrogens is 501 g/mol. The van der Waals surface area contributed by atoms with Crippen LogP contribution in [0.15, 0.2) is 54.6 Å². The van der Waals surface area contributed by atoms with Crippen molar-refractivity contribution < 1.29 is 22.0 Å². The van der Waals surface area contributed by atoms with Gasteiger partial charge in [-0.25, -0.2) is 23.6 Å². The van der Waals surface area contributed by atoms with Gasteiger partial charge in [-0.05, 0) is 55.8 Å². The molecule has 10 heteroatoms. The summed E-state index contributed by atoms with van der Waals surface area (Å²) in [5.74, 6) is -1.35. The number of nitrogens with one attached hydrogen (secondary N) is 1. The Morgan fingerprint density at radius 1 is 0.947 bits per heavy atom. The molecule has 0 atom stereocenters. The number of benzene rings is 3. The van der Waals surface area contributed by atoms with Crippen LogP contribution >= 0.6 is 0 Å². The molecule has 194 valence electrons. The highest BCUT2D eigenvalue weighted by Gasteiger charge is 2.35. The van der Waals surface area contributed by atoms with Gasteiger partial charge in [0.05, 0.1) is 23.3 Å². The number of fused-ring (bicyclic) bond motifs is 1. The first kappa shape index (κ1) is 25.5. The maximum atomic E-state index is 14.8. The molecule has 1 aliphatic heterocycles. The molecule has 0 amide bonds. The molecule has 5 nitrogen and oxygen atoms in total. The van der Waals surface area contributed by atoms with E-state index in [2.05, 4.69) is 15.1 Å². The zero-order chi connectivity index (χ0) is 27.0. The number of hydrogen-bond acceptors (Lipinski definition) is 4. The third-order valence-corrected chi connectivity index (χ3v) is 6.82. The third kappa shape index (κ3) is 4.77. The lowest BCUT2D eigenvalue weighted by atomic mass is 9.96. The van der Waals surface area contributed by atoms with Crippen LogP contribution in [0.1, 0.15) is 18.4 Å². The van der Waals surface area contributed by atoms with Crippen molar-refractivity contribution in [1.82, 2.24) is 15.3 Å². The predicted molar refractivity (Wildman–Crippen MR) is 136 cm³/mol. The Hall–Kier alpha value is -4.10. The summed E-state index contributed by atoms with van der Waals surface area (Å²) in [5, 5.41) is 3.59. The SMILES string of the molecule is [C-]#[N+]c1ccc(-c2nc(N3CCC(NC)CC3)nc3ccc(-c4c(F)cccc4C(F)(F)F)cc23)cc1F. The molecule has 0 unspecified atom stereocenters. The van der Waals surface area contributed by atoms with E-state index in [1.165, 1.54) is 36.4 Å². The van der Waals surface area contributed by atoms with E-state index in [0.29, 0.717) is 41.5 Å². The lowest BCUT2D eigenvalue weighted by Gasteiger charge is -2.32. The highest BCUT2D eigenvalue weighted by Crippen LogP contribution is 2.40. The largest absolute Gasteiger partial charge is 0.417 e. The van der Waals surface area contributed by atoms with Gasteiger partial charge in [-0.2, -0.15) is 13.2 Å². The summed E-state index contributed by atoms with van der Waals surface area (Å²) in [6, 6.07) is 11.5. The second-order valence-electron chi connectivity index (χ2n) is 9.09. The van der Waals surface area contributed by atoms with Gasteiger partial charge in [0.1, 0.15) is 11.6 Å². The van der Waals surface area contributed by atoms with Gasteiger partial charge in [-0.1, -0.05) is 24.3 Å². The Morgan fingerprint density at radius 3 is 2.34 bits per heavy atom. The summed E-state index contributed by atoms with van der Waals surface area (Å²) in [4.78, 5) is 14.5. The number of anilines is 1. The number of aromatic nitrogens is 2. The quantitative estimate of drug-likeness (QED) is 0.231. The minimum absolute atomic E-state index is 0.00592. The molecule has 1 saturated heterocycles. The van der Waals surface area contributed by atoms with E-state index in [1.54, 1.807) is 0 Å². The van der Waals surface area contributed by atoms with Crippen LogP contribution in [0.5, 0.6) is 0 Å². The highest BCUT2D eigenvalue weighted by atomic mass is 19.4. The summed E-state index contributed by atoms with van der Waals surface area (Å²) in [6.45, 7) is 8.49. The van der Waals surface area contributed by atoms with Crippen LogP contribution in [0.4, 0.5) is 33.6 Å². The molecule has 0 radical (unpaired) electrons. The van der Waals surface area contributed by atoms with Crippen molar-refractivity contribution >= 4 is 22.5 Å². The van der Waals surface area contributed by atoms with Gasteiger partial charge < -0.3 is 10.2 Å². The molecule has 3 aromatic carbocycles. The van der Waals surface area contributed by atoms with Crippen molar-refractivity contribution in [3.8, 4) is 22.4 Å². The van der Waals surface area contributed by atoms with E-state index >= 15 is 0 Å². The Morgan fingerprint density at radius 2 is 1.68 bits per heavy atom. The van der Waals surface area contributed by atoms with Crippen LogP contribution in [0.3, 0.4) is 0 Å². The van der Waals surface area contributed by atoms with Crippen molar-refractivity contribution in [3.63, 3.8) is 0 Å². The van der Waals surface area contributed by atoms with Gasteiger partial charge >= 0.3 is 6.18 Å². The first-order valence-electron chi connectivity index (χ1n) is 12.0. The Balaban J connectivity index is 1.71. The molecule has 0 spiro atoms. The molecule has 1 aromatic heterocycles. The van der Waals surface area contributed by atoms with Crippen LogP contribution in [-0.4, -0.2) is 36.1 Å². The molecule has 5 rings (SSSR count). The molecule has 2 heterocycles. The summed E-state index contributed by atoms with van der Waals surface area (Å²) < 4.78 is 70.6. The van der Waals surface area contributed by atoms with Crippen molar-refractivity contribution in [3.05, 3.63) is 83.2 Å². The number of halogens is 5. The maximum Gasteiger partial charge on any atom is 0.417 e. The van der Waals surface area contributed by atoms with E-state index in [-0.39, 0.29) is 16.9 Å². The lowest BCUT2D eigenvalue weighted by Crippen LogP contribution is -2.41. The Bertz CT molecular complexity index is 1550. The van der Waals surface area contributed by atoms with Crippen molar-refractivity contribution in [2.45, 2.75) is 25.1 Å². The van der Waals surface area contributed by atoms with Gasteiger partial charge in [-0.3, -0.25) is 0 Å². The first-order chi connectivity index (χ1) is 18.2. The van der Waals surface area contributed by atoms with E-state index in [1.807, 2.05) is 11.9 Å². The Labute approximate surface area is 215 Å². The number of alkyl halides is 3. The lowest BCUT2D eigenvalue weighted by molar-refractivity contribution is -0.137. The fraction of sp³-hybridized carbons (Fsp3) is 0.250. The van der Waals surface area contributed by atoms with Crippen LogP contribution in [0, 0.1) is 18.2 Å². The predicted octanol–water partition coefficient (Wildman–Crippen LogP) is 7.00.